The van der Waals surface area contributed by atoms with Crippen LogP contribution in [0.3, 0.4) is 0 Å². The van der Waals surface area contributed by atoms with Crippen LogP contribution in [0.5, 0.6) is 0 Å². The van der Waals surface area contributed by atoms with Crippen LogP contribution < -0.4 is 10.2 Å². The van der Waals surface area contributed by atoms with Crippen LogP contribution in [0.25, 0.3) is 0 Å². The van der Waals surface area contributed by atoms with Gasteiger partial charge >= 0.3 is 37.7 Å². The summed E-state index contributed by atoms with van der Waals surface area (Å²) in [6.07, 6.45) is 0. The quantitative estimate of drug-likeness (QED) is 0.344. The average Bonchev–Trinajstić information content (AvgIpc) is 2.16. The Morgan fingerprint density at radius 3 is 1.62 bits per heavy atom. The Bertz CT molecular complexity index is 379. The van der Waals surface area contributed by atoms with Gasteiger partial charge in [0, 0.05) is 23.3 Å². The summed E-state index contributed by atoms with van der Waals surface area (Å²) < 4.78 is 0. The van der Waals surface area contributed by atoms with Crippen molar-refractivity contribution in [3.8, 4) is 0 Å². The van der Waals surface area contributed by atoms with Crippen LogP contribution in [0.4, 0.5) is 5.69 Å². The number of hydrogen-bond donors (Lipinski definition) is 0. The minimum Gasteiger partial charge on any atom is -0.545 e. The Balaban J connectivity index is 0.00000225. The van der Waals surface area contributed by atoms with Crippen molar-refractivity contribution in [1.82, 2.24) is 0 Å². The minimum absolute atomic E-state index is 0. The fraction of sp³-hybridized carbons (Fsp3) is 0. The number of carbonyl (C=O) groups excluding carboxylic acids is 2. The maximum absolute atomic E-state index is 10.4. The molecule has 0 amide bonds. The van der Waals surface area contributed by atoms with Gasteiger partial charge in [-0.25, -0.2) is 0 Å². The number of carboxylic acid groups (broad SMARTS) is 2. The van der Waals surface area contributed by atoms with Gasteiger partial charge < -0.3 is 19.8 Å². The van der Waals surface area contributed by atoms with Crippen LogP contribution in [-0.2, 0) is 0 Å². The fourth-order valence-electron chi connectivity index (χ4n) is 0.952. The Morgan fingerprint density at radius 2 is 1.38 bits per heavy atom. The van der Waals surface area contributed by atoms with E-state index in [2.05, 4.69) is 0 Å². The van der Waals surface area contributed by atoms with E-state index < -0.39 is 33.7 Å². The molecule has 0 unspecified atom stereocenters. The van der Waals surface area contributed by atoms with Gasteiger partial charge in [0.2, 0.25) is 0 Å². The molecule has 0 radical (unpaired) electrons. The van der Waals surface area contributed by atoms with Crippen molar-refractivity contribution in [2.75, 3.05) is 0 Å². The number of aromatic carboxylic acids is 2. The number of nitrogens with zero attached hydrogens (tertiary/aromatic N) is 1. The Labute approximate surface area is 119 Å². The zero-order valence-corrected chi connectivity index (χ0v) is 10.0. The summed E-state index contributed by atoms with van der Waals surface area (Å²) in [5.74, 6) is -3.39. The van der Waals surface area contributed by atoms with Gasteiger partial charge in [0.1, 0.15) is 0 Å². The Kier molecular flexibility index (Phi) is 5.36. The number of carboxylic acids is 2. The minimum atomic E-state index is -1.69. The van der Waals surface area contributed by atoms with E-state index in [0.29, 0.717) is 12.1 Å². The molecule has 0 saturated heterocycles. The number of carbonyl (C=O) groups is 2. The number of rotatable bonds is 3. The second kappa shape index (κ2) is 5.78. The summed E-state index contributed by atoms with van der Waals surface area (Å²) in [6, 6.07) is 2.15. The first-order valence-electron chi connectivity index (χ1n) is 3.64. The molecule has 0 saturated carbocycles. The first kappa shape index (κ1) is 14.8. The molecule has 0 fully saturated rings. The van der Waals surface area contributed by atoms with Crippen molar-refractivity contribution in [2.45, 2.75) is 0 Å². The molecular formula is C8H3CaNO6. The summed E-state index contributed by atoms with van der Waals surface area (Å²) in [5, 5.41) is 31.1. The van der Waals surface area contributed by atoms with E-state index in [1.807, 2.05) is 0 Å². The van der Waals surface area contributed by atoms with Gasteiger partial charge in [0.05, 0.1) is 16.9 Å². The maximum Gasteiger partial charge on any atom is 2.00 e. The predicted molar refractivity (Wildman–Crippen MR) is 47.5 cm³/mol. The smallest absolute Gasteiger partial charge is 0.545 e. The second-order valence-corrected chi connectivity index (χ2v) is 2.60. The topological polar surface area (TPSA) is 123 Å². The van der Waals surface area contributed by atoms with Crippen LogP contribution in [0.1, 0.15) is 20.7 Å². The fourth-order valence-corrected chi connectivity index (χ4v) is 0.952. The van der Waals surface area contributed by atoms with Crippen LogP contribution in [0, 0.1) is 10.1 Å². The van der Waals surface area contributed by atoms with Crippen molar-refractivity contribution >= 4 is 55.4 Å². The van der Waals surface area contributed by atoms with Gasteiger partial charge in [-0.3, -0.25) is 10.1 Å². The third kappa shape index (κ3) is 3.44. The molecule has 0 heterocycles. The number of non-ortho nitro benzene ring substituents is 1. The molecule has 1 aromatic carbocycles. The maximum atomic E-state index is 10.4. The van der Waals surface area contributed by atoms with Gasteiger partial charge in [-0.15, -0.1) is 0 Å². The number of nitro groups is 1. The van der Waals surface area contributed by atoms with Gasteiger partial charge in [0.25, 0.3) is 5.69 Å². The zero-order chi connectivity index (χ0) is 11.6. The van der Waals surface area contributed by atoms with Gasteiger partial charge in [-0.05, 0) is 6.07 Å². The SMILES string of the molecule is O=C([O-])c1cc(C(=O)[O-])cc([N+](=O)[O-])c1.[Ca+2]. The van der Waals surface area contributed by atoms with Crippen LogP contribution in [0.2, 0.25) is 0 Å². The molecule has 1 aromatic rings. The van der Waals surface area contributed by atoms with Crippen molar-refractivity contribution in [2.24, 2.45) is 0 Å². The molecule has 7 nitrogen and oxygen atoms in total. The summed E-state index contributed by atoms with van der Waals surface area (Å²) in [4.78, 5) is 30.2. The average molecular weight is 249 g/mol. The van der Waals surface area contributed by atoms with Crippen molar-refractivity contribution in [3.63, 3.8) is 0 Å². The van der Waals surface area contributed by atoms with E-state index >= 15 is 0 Å². The molecule has 8 heteroatoms. The molecule has 1 rings (SSSR count). The van der Waals surface area contributed by atoms with E-state index in [9.17, 15) is 29.9 Å². The second-order valence-electron chi connectivity index (χ2n) is 2.60. The standard InChI is InChI=1S/C8H5NO6.Ca/c10-7(11)4-1-5(8(12)13)3-6(2-4)9(14)15;/h1-3H,(H,10,11)(H,12,13);/q;+2/p-2. The van der Waals surface area contributed by atoms with Crippen LogP contribution in [-0.4, -0.2) is 54.6 Å². The van der Waals surface area contributed by atoms with E-state index in [-0.39, 0.29) is 37.7 Å². The predicted octanol–water partition coefficient (Wildman–Crippen LogP) is -2.06. The normalized spacial score (nSPS) is 9.00. The molecule has 78 valence electrons. The molecule has 0 spiro atoms. The third-order valence-corrected chi connectivity index (χ3v) is 1.60. The number of hydrogen-bond acceptors (Lipinski definition) is 6. The largest absolute Gasteiger partial charge is 2.00 e. The summed E-state index contributed by atoms with van der Waals surface area (Å²) in [6.45, 7) is 0. The number of nitro benzene ring substituents is 1. The number of benzene rings is 1. The summed E-state index contributed by atoms with van der Waals surface area (Å²) >= 11 is 0. The van der Waals surface area contributed by atoms with Gasteiger partial charge in [-0.1, -0.05) is 0 Å². The van der Waals surface area contributed by atoms with Gasteiger partial charge in [-0.2, -0.15) is 0 Å². The first-order valence-corrected chi connectivity index (χ1v) is 3.64. The van der Waals surface area contributed by atoms with Crippen LogP contribution in [0.15, 0.2) is 18.2 Å². The van der Waals surface area contributed by atoms with E-state index in [1.54, 1.807) is 0 Å². The molecular weight excluding hydrogens is 246 g/mol. The molecule has 0 N–H and O–H groups in total. The Morgan fingerprint density at radius 1 is 1.00 bits per heavy atom. The molecule has 0 atom stereocenters. The molecule has 0 aliphatic carbocycles. The summed E-state index contributed by atoms with van der Waals surface area (Å²) in [7, 11) is 0. The molecule has 16 heavy (non-hydrogen) atoms. The monoisotopic (exact) mass is 249 g/mol. The zero-order valence-electron chi connectivity index (χ0n) is 7.84. The summed E-state index contributed by atoms with van der Waals surface area (Å²) in [5.41, 5.74) is -1.80. The van der Waals surface area contributed by atoms with Crippen LogP contribution >= 0.6 is 0 Å². The molecule has 0 bridgehead atoms. The van der Waals surface area contributed by atoms with Crippen molar-refractivity contribution in [1.29, 1.82) is 0 Å². The molecule has 0 aliphatic heterocycles. The van der Waals surface area contributed by atoms with Gasteiger partial charge in [0.15, 0.2) is 0 Å². The first-order chi connectivity index (χ1) is 6.91. The van der Waals surface area contributed by atoms with E-state index in [1.165, 1.54) is 0 Å². The van der Waals surface area contributed by atoms with E-state index in [4.69, 9.17) is 0 Å². The van der Waals surface area contributed by atoms with E-state index in [0.717, 1.165) is 6.07 Å². The Hall–Kier alpha value is -1.18. The third-order valence-electron chi connectivity index (χ3n) is 1.60. The van der Waals surface area contributed by atoms with Crippen molar-refractivity contribution in [3.05, 3.63) is 39.4 Å². The molecule has 0 aromatic heterocycles. The molecule has 0 aliphatic rings. The van der Waals surface area contributed by atoms with Crippen molar-refractivity contribution < 1.29 is 24.7 Å².